The summed E-state index contributed by atoms with van der Waals surface area (Å²) in [5.41, 5.74) is 3.92. The topological polar surface area (TPSA) is 92.3 Å². The van der Waals surface area contributed by atoms with Gasteiger partial charge < -0.3 is 19.3 Å². The Balaban J connectivity index is 1.40. The van der Waals surface area contributed by atoms with Gasteiger partial charge >= 0.3 is 0 Å². The molecular weight excluding hydrogens is 512 g/mol. The second kappa shape index (κ2) is 11.9. The average Bonchev–Trinajstić information content (AvgIpc) is 3.33. The van der Waals surface area contributed by atoms with Crippen LogP contribution in [0.1, 0.15) is 21.5 Å². The molecule has 1 amide bonds. The number of rotatable bonds is 10. The van der Waals surface area contributed by atoms with Crippen LogP contribution in [0.5, 0.6) is 0 Å². The lowest BCUT2D eigenvalue weighted by atomic mass is 10.1. The smallest absolute Gasteiger partial charge is 0.253 e. The van der Waals surface area contributed by atoms with E-state index >= 15 is 0 Å². The number of ether oxygens (including phenoxy) is 2. The monoisotopic (exact) mass is 546 g/mol. The molecule has 1 aliphatic rings. The second-order valence-corrected chi connectivity index (χ2v) is 12.1. The molecule has 0 N–H and O–H groups in total. The van der Waals surface area contributed by atoms with E-state index in [0.29, 0.717) is 31.7 Å². The molecule has 1 fully saturated rings. The van der Waals surface area contributed by atoms with Crippen LogP contribution in [-0.2, 0) is 19.5 Å². The van der Waals surface area contributed by atoms with Crippen molar-refractivity contribution in [3.8, 4) is 0 Å². The maximum atomic E-state index is 13.1. The highest BCUT2D eigenvalue weighted by Crippen LogP contribution is 2.32. The van der Waals surface area contributed by atoms with Gasteiger partial charge in [-0.05, 0) is 55.3 Å². The number of carbonyl (C=O) groups is 1. The van der Waals surface area contributed by atoms with Gasteiger partial charge in [-0.15, -0.1) is 0 Å². The highest BCUT2D eigenvalue weighted by Gasteiger charge is 2.27. The zero-order valence-corrected chi connectivity index (χ0v) is 23.4. The Hall–Kier alpha value is -2.57. The number of aromatic nitrogens is 1. The van der Waals surface area contributed by atoms with Crippen molar-refractivity contribution >= 4 is 42.6 Å². The summed E-state index contributed by atoms with van der Waals surface area (Å²) in [5.74, 6) is -0.102. The number of aryl methyl sites for hydroxylation is 2. The first kappa shape index (κ1) is 27.5. The van der Waals surface area contributed by atoms with Crippen molar-refractivity contribution in [2.24, 2.45) is 0 Å². The molecule has 0 aliphatic carbocycles. The summed E-state index contributed by atoms with van der Waals surface area (Å²) in [6.45, 7) is 7.74. The number of sulfonamides is 1. The lowest BCUT2D eigenvalue weighted by molar-refractivity contribution is 0.0746. The van der Waals surface area contributed by atoms with Crippen molar-refractivity contribution in [2.45, 2.75) is 18.7 Å². The molecule has 0 radical (unpaired) electrons. The Kier molecular flexibility index (Phi) is 8.81. The maximum absolute atomic E-state index is 13.1. The van der Waals surface area contributed by atoms with Crippen molar-refractivity contribution < 1.29 is 22.7 Å². The zero-order valence-electron chi connectivity index (χ0n) is 21.8. The predicted molar refractivity (Wildman–Crippen MR) is 146 cm³/mol. The molecule has 37 heavy (non-hydrogen) atoms. The van der Waals surface area contributed by atoms with Gasteiger partial charge in [-0.3, -0.25) is 4.79 Å². The number of carbonyl (C=O) groups excluding carboxylic acids is 1. The number of anilines is 1. The van der Waals surface area contributed by atoms with Crippen LogP contribution in [0.25, 0.3) is 10.2 Å². The highest BCUT2D eigenvalue weighted by atomic mass is 32.2. The van der Waals surface area contributed by atoms with E-state index in [4.69, 9.17) is 14.5 Å². The van der Waals surface area contributed by atoms with E-state index < -0.39 is 10.0 Å². The largest absolute Gasteiger partial charge is 0.383 e. The van der Waals surface area contributed by atoms with Crippen LogP contribution in [-0.4, -0.2) is 95.2 Å². The lowest BCUT2D eigenvalue weighted by Gasteiger charge is -2.34. The number of hydrogen-bond donors (Lipinski definition) is 0. The number of benzene rings is 2. The molecule has 11 heteroatoms. The molecule has 200 valence electrons. The molecule has 4 rings (SSSR count). The first-order valence-corrected chi connectivity index (χ1v) is 14.5. The Morgan fingerprint density at radius 1 is 1.00 bits per heavy atom. The van der Waals surface area contributed by atoms with Crippen LogP contribution in [0.4, 0.5) is 5.13 Å². The summed E-state index contributed by atoms with van der Waals surface area (Å²) in [4.78, 5) is 22.2. The maximum Gasteiger partial charge on any atom is 0.253 e. The highest BCUT2D eigenvalue weighted by molar-refractivity contribution is 7.89. The molecule has 3 aromatic rings. The SMILES string of the molecule is COCCN(CCOC)S(=O)(=O)c1ccc(C(=O)N2CCN(c3nc4c(C)cc(C)cc4s3)CC2)cc1. The number of fused-ring (bicyclic) bond motifs is 1. The normalized spacial score (nSPS) is 14.6. The number of thiazole rings is 1. The van der Waals surface area contributed by atoms with E-state index in [1.165, 1.54) is 46.5 Å². The molecular formula is C26H34N4O5S2. The fourth-order valence-corrected chi connectivity index (χ4v) is 7.04. The molecule has 0 unspecified atom stereocenters. The van der Waals surface area contributed by atoms with E-state index in [2.05, 4.69) is 30.9 Å². The van der Waals surface area contributed by atoms with E-state index in [-0.39, 0.29) is 37.1 Å². The Bertz CT molecular complexity index is 1330. The third-order valence-corrected chi connectivity index (χ3v) is 9.46. The minimum absolute atomic E-state index is 0.102. The van der Waals surface area contributed by atoms with Gasteiger partial charge in [0.05, 0.1) is 28.3 Å². The van der Waals surface area contributed by atoms with Crippen LogP contribution < -0.4 is 4.90 Å². The van der Waals surface area contributed by atoms with E-state index in [1.807, 2.05) is 4.90 Å². The van der Waals surface area contributed by atoms with Gasteiger partial charge in [0.2, 0.25) is 10.0 Å². The van der Waals surface area contributed by atoms with Crippen LogP contribution in [0.2, 0.25) is 0 Å². The predicted octanol–water partition coefficient (Wildman–Crippen LogP) is 3.16. The number of hydrogen-bond acceptors (Lipinski definition) is 8. The van der Waals surface area contributed by atoms with E-state index in [9.17, 15) is 13.2 Å². The van der Waals surface area contributed by atoms with Crippen LogP contribution in [0.15, 0.2) is 41.3 Å². The number of nitrogens with zero attached hydrogens (tertiary/aromatic N) is 4. The van der Waals surface area contributed by atoms with Gasteiger partial charge in [0.1, 0.15) is 0 Å². The molecule has 2 heterocycles. The molecule has 1 aromatic heterocycles. The molecule has 2 aromatic carbocycles. The second-order valence-electron chi connectivity index (χ2n) is 9.12. The lowest BCUT2D eigenvalue weighted by Crippen LogP contribution is -2.48. The van der Waals surface area contributed by atoms with Crippen LogP contribution >= 0.6 is 11.3 Å². The molecule has 0 spiro atoms. The van der Waals surface area contributed by atoms with Gasteiger partial charge in [0, 0.05) is 59.1 Å². The summed E-state index contributed by atoms with van der Waals surface area (Å²) >= 11 is 1.69. The van der Waals surface area contributed by atoms with Crippen molar-refractivity contribution in [2.75, 3.05) is 71.6 Å². The molecule has 0 saturated carbocycles. The van der Waals surface area contributed by atoms with Crippen LogP contribution in [0, 0.1) is 13.8 Å². The summed E-state index contributed by atoms with van der Waals surface area (Å²) in [6, 6.07) is 10.5. The quantitative estimate of drug-likeness (QED) is 0.386. The van der Waals surface area contributed by atoms with Crippen molar-refractivity contribution in [1.82, 2.24) is 14.2 Å². The Morgan fingerprint density at radius 3 is 2.22 bits per heavy atom. The molecule has 0 atom stereocenters. The standard InChI is InChI=1S/C26H34N4O5S2/c1-19-17-20(2)24-23(18-19)36-26(27-24)29-11-9-28(10-12-29)25(31)21-5-7-22(8-6-21)37(32,33)30(13-15-34-3)14-16-35-4/h5-8,17-18H,9-16H2,1-4H3. The summed E-state index contributed by atoms with van der Waals surface area (Å²) in [5, 5.41) is 0.983. The third kappa shape index (κ3) is 6.12. The first-order valence-electron chi connectivity index (χ1n) is 12.2. The van der Waals surface area contributed by atoms with Crippen LogP contribution in [0.3, 0.4) is 0 Å². The number of amides is 1. The first-order chi connectivity index (χ1) is 17.7. The van der Waals surface area contributed by atoms with Gasteiger partial charge in [-0.2, -0.15) is 4.31 Å². The van der Waals surface area contributed by atoms with Crippen molar-refractivity contribution in [3.63, 3.8) is 0 Å². The Morgan fingerprint density at radius 2 is 1.62 bits per heavy atom. The fraction of sp³-hybridized carbons (Fsp3) is 0.462. The van der Waals surface area contributed by atoms with E-state index in [1.54, 1.807) is 23.5 Å². The number of piperazine rings is 1. The molecule has 1 saturated heterocycles. The molecule has 9 nitrogen and oxygen atoms in total. The minimum atomic E-state index is -3.73. The summed E-state index contributed by atoms with van der Waals surface area (Å²) in [6.07, 6.45) is 0. The number of methoxy groups -OCH3 is 2. The third-order valence-electron chi connectivity index (χ3n) is 6.48. The average molecular weight is 547 g/mol. The van der Waals surface area contributed by atoms with Gasteiger partial charge in [-0.1, -0.05) is 17.4 Å². The van der Waals surface area contributed by atoms with E-state index in [0.717, 1.165) is 10.6 Å². The van der Waals surface area contributed by atoms with Gasteiger partial charge in [-0.25, -0.2) is 13.4 Å². The fourth-order valence-electron chi connectivity index (χ4n) is 4.43. The minimum Gasteiger partial charge on any atom is -0.383 e. The zero-order chi connectivity index (χ0) is 26.6. The van der Waals surface area contributed by atoms with Crippen molar-refractivity contribution in [1.29, 1.82) is 0 Å². The Labute approximate surface area is 222 Å². The van der Waals surface area contributed by atoms with Gasteiger partial charge in [0.25, 0.3) is 5.91 Å². The molecule has 0 bridgehead atoms. The van der Waals surface area contributed by atoms with Gasteiger partial charge in [0.15, 0.2) is 5.13 Å². The van der Waals surface area contributed by atoms with Crippen molar-refractivity contribution in [3.05, 3.63) is 53.1 Å². The summed E-state index contributed by atoms with van der Waals surface area (Å²) in [7, 11) is -0.672. The molecule has 1 aliphatic heterocycles. The summed E-state index contributed by atoms with van der Waals surface area (Å²) < 4.78 is 38.9.